The lowest BCUT2D eigenvalue weighted by Gasteiger charge is -2.19. The number of benzene rings is 2. The third kappa shape index (κ3) is 5.46. The molecule has 3 rings (SSSR count). The summed E-state index contributed by atoms with van der Waals surface area (Å²) in [6.07, 6.45) is 2.14. The van der Waals surface area contributed by atoms with Crippen molar-refractivity contribution >= 4 is 18.0 Å². The molecule has 1 heterocycles. The summed E-state index contributed by atoms with van der Waals surface area (Å²) in [5, 5.41) is 9.68. The third-order valence-corrected chi connectivity index (χ3v) is 5.08. The van der Waals surface area contributed by atoms with E-state index in [1.54, 1.807) is 36.4 Å². The molecule has 2 atom stereocenters. The number of rotatable bonds is 7. The monoisotopic (exact) mass is 458 g/mol. The van der Waals surface area contributed by atoms with Gasteiger partial charge in [-0.25, -0.2) is 4.79 Å². The molecule has 2 aromatic carbocycles. The van der Waals surface area contributed by atoms with Crippen molar-refractivity contribution in [1.29, 1.82) is 0 Å². The number of fused-ring (bicyclic) bond motifs is 1. The van der Waals surface area contributed by atoms with Crippen molar-refractivity contribution in [1.82, 2.24) is 0 Å². The molecule has 0 amide bonds. The maximum atomic E-state index is 12.8. The second-order valence-corrected chi connectivity index (χ2v) is 6.77. The fourth-order valence-corrected chi connectivity index (χ4v) is 3.58. The van der Waals surface area contributed by atoms with E-state index in [1.165, 1.54) is 34.5 Å². The molecule has 2 aromatic rings. The molecular formula is C25H30O8. The Hall–Kier alpha value is -3.52. The van der Waals surface area contributed by atoms with Gasteiger partial charge in [-0.1, -0.05) is 19.9 Å². The zero-order chi connectivity index (χ0) is 24.5. The maximum Gasteiger partial charge on any atom is 0.330 e. The Bertz CT molecular complexity index is 1010. The van der Waals surface area contributed by atoms with E-state index in [0.717, 1.165) is 0 Å². The second kappa shape index (κ2) is 11.9. The fraction of sp³-hybridized carbons (Fsp3) is 0.360. The minimum absolute atomic E-state index is 0.231. The van der Waals surface area contributed by atoms with Crippen molar-refractivity contribution in [2.24, 2.45) is 0 Å². The predicted molar refractivity (Wildman–Crippen MR) is 122 cm³/mol. The van der Waals surface area contributed by atoms with Crippen LogP contribution in [0.2, 0.25) is 0 Å². The van der Waals surface area contributed by atoms with Crippen LogP contribution < -0.4 is 14.2 Å². The highest BCUT2D eigenvalue weighted by molar-refractivity contribution is 5.88. The molecule has 2 unspecified atom stereocenters. The number of ether oxygens (including phenoxy) is 5. The van der Waals surface area contributed by atoms with Crippen molar-refractivity contribution < 1.29 is 38.4 Å². The fourth-order valence-electron chi connectivity index (χ4n) is 3.58. The summed E-state index contributed by atoms with van der Waals surface area (Å²) in [4.78, 5) is 24.2. The predicted octanol–water partition coefficient (Wildman–Crippen LogP) is 3.80. The van der Waals surface area contributed by atoms with Crippen LogP contribution in [0.25, 0.3) is 6.08 Å². The molecule has 8 heteroatoms. The topological polar surface area (TPSA) is 101 Å². The summed E-state index contributed by atoms with van der Waals surface area (Å²) in [7, 11) is 5.60. The lowest BCUT2D eigenvalue weighted by molar-refractivity contribution is -0.144. The number of esters is 2. The molecule has 0 aromatic heterocycles. The molecule has 0 radical (unpaired) electrons. The van der Waals surface area contributed by atoms with E-state index in [1.807, 2.05) is 13.8 Å². The molecule has 8 nitrogen and oxygen atoms in total. The van der Waals surface area contributed by atoms with Gasteiger partial charge in [0.1, 0.15) is 17.8 Å². The van der Waals surface area contributed by atoms with Gasteiger partial charge in [0, 0.05) is 17.2 Å². The third-order valence-electron chi connectivity index (χ3n) is 5.08. The van der Waals surface area contributed by atoms with Crippen molar-refractivity contribution in [2.45, 2.75) is 32.5 Å². The van der Waals surface area contributed by atoms with Crippen LogP contribution >= 0.6 is 0 Å². The molecule has 0 bridgehead atoms. The van der Waals surface area contributed by atoms with Crippen LogP contribution in [0.1, 0.15) is 48.1 Å². The molecule has 178 valence electrons. The van der Waals surface area contributed by atoms with Crippen LogP contribution in [0.3, 0.4) is 0 Å². The molecule has 1 aliphatic rings. The SMILES string of the molecule is CC.COC(=O)/C=C/c1cc(OC)c2c(c1)C(C(=O)OC)C(c1ccc(OC)c(CO)c1)O2. The van der Waals surface area contributed by atoms with Crippen LogP contribution in [0.4, 0.5) is 0 Å². The Balaban J connectivity index is 0.00000187. The van der Waals surface area contributed by atoms with Gasteiger partial charge in [0.05, 0.1) is 35.0 Å². The number of hydrogen-bond acceptors (Lipinski definition) is 8. The van der Waals surface area contributed by atoms with Crippen molar-refractivity contribution in [3.63, 3.8) is 0 Å². The van der Waals surface area contributed by atoms with Crippen molar-refractivity contribution in [2.75, 3.05) is 28.4 Å². The van der Waals surface area contributed by atoms with E-state index in [9.17, 15) is 14.7 Å². The standard InChI is InChI=1S/C23H24O8.C2H6/c1-27-17-7-6-14(11-15(17)12-24)21-20(23(26)30-4)16-9-13(5-8-19(25)29-3)10-18(28-2)22(16)31-21;1-2/h5-11,20-21,24H,12H2,1-4H3;1-2H3/b8-5+;. The molecule has 0 fully saturated rings. The summed E-state index contributed by atoms with van der Waals surface area (Å²) < 4.78 is 26.6. The smallest absolute Gasteiger partial charge is 0.330 e. The van der Waals surface area contributed by atoms with E-state index in [-0.39, 0.29) is 6.61 Å². The zero-order valence-electron chi connectivity index (χ0n) is 19.7. The van der Waals surface area contributed by atoms with Gasteiger partial charge in [-0.15, -0.1) is 0 Å². The molecule has 0 saturated carbocycles. The molecule has 0 aliphatic carbocycles. The molecule has 1 N–H and O–H groups in total. The average Bonchev–Trinajstić information content (AvgIpc) is 3.26. The van der Waals surface area contributed by atoms with Gasteiger partial charge < -0.3 is 28.8 Å². The average molecular weight is 459 g/mol. The van der Waals surface area contributed by atoms with E-state index >= 15 is 0 Å². The van der Waals surface area contributed by atoms with Gasteiger partial charge in [0.25, 0.3) is 0 Å². The zero-order valence-corrected chi connectivity index (χ0v) is 19.7. The highest BCUT2D eigenvalue weighted by Crippen LogP contribution is 2.51. The van der Waals surface area contributed by atoms with E-state index < -0.39 is 24.0 Å². The number of methoxy groups -OCH3 is 4. The summed E-state index contributed by atoms with van der Waals surface area (Å²) in [6, 6.07) is 8.66. The number of hydrogen-bond donors (Lipinski definition) is 1. The lowest BCUT2D eigenvalue weighted by Crippen LogP contribution is -2.20. The first-order chi connectivity index (χ1) is 16.0. The summed E-state index contributed by atoms with van der Waals surface area (Å²) >= 11 is 0. The minimum atomic E-state index is -0.777. The highest BCUT2D eigenvalue weighted by atomic mass is 16.5. The maximum absolute atomic E-state index is 12.8. The van der Waals surface area contributed by atoms with E-state index in [2.05, 4.69) is 4.74 Å². The number of aliphatic hydroxyl groups is 1. The number of carbonyl (C=O) groups excluding carboxylic acids is 2. The normalized spacial score (nSPS) is 16.2. The quantitative estimate of drug-likeness (QED) is 0.494. The van der Waals surface area contributed by atoms with Gasteiger partial charge in [-0.2, -0.15) is 0 Å². The molecule has 0 spiro atoms. The first-order valence-electron chi connectivity index (χ1n) is 10.5. The second-order valence-electron chi connectivity index (χ2n) is 6.77. The lowest BCUT2D eigenvalue weighted by atomic mass is 9.89. The van der Waals surface area contributed by atoms with Crippen LogP contribution in [-0.4, -0.2) is 45.5 Å². The van der Waals surface area contributed by atoms with Gasteiger partial charge in [0.15, 0.2) is 11.5 Å². The van der Waals surface area contributed by atoms with Crippen LogP contribution in [0.5, 0.6) is 17.2 Å². The summed E-state index contributed by atoms with van der Waals surface area (Å²) in [6.45, 7) is 3.77. The van der Waals surface area contributed by atoms with Crippen LogP contribution in [-0.2, 0) is 25.7 Å². The molecular weight excluding hydrogens is 428 g/mol. The summed E-state index contributed by atoms with van der Waals surface area (Å²) in [5.74, 6) is -0.410. The van der Waals surface area contributed by atoms with Gasteiger partial charge in [0.2, 0.25) is 0 Å². The Morgan fingerprint density at radius 2 is 1.70 bits per heavy atom. The van der Waals surface area contributed by atoms with E-state index in [4.69, 9.17) is 18.9 Å². The van der Waals surface area contributed by atoms with Crippen LogP contribution in [0, 0.1) is 0 Å². The van der Waals surface area contributed by atoms with Gasteiger partial charge >= 0.3 is 11.9 Å². The van der Waals surface area contributed by atoms with Crippen molar-refractivity contribution in [3.8, 4) is 17.2 Å². The first-order valence-corrected chi connectivity index (χ1v) is 10.5. The first kappa shape index (κ1) is 25.7. The molecule has 1 aliphatic heterocycles. The highest BCUT2D eigenvalue weighted by Gasteiger charge is 2.43. The molecule has 0 saturated heterocycles. The number of carbonyl (C=O) groups is 2. The van der Waals surface area contributed by atoms with Crippen LogP contribution in [0.15, 0.2) is 36.4 Å². The number of aliphatic hydroxyl groups excluding tert-OH is 1. The Labute approximate surface area is 193 Å². The Morgan fingerprint density at radius 1 is 1.00 bits per heavy atom. The minimum Gasteiger partial charge on any atom is -0.496 e. The Kier molecular flexibility index (Phi) is 9.30. The Morgan fingerprint density at radius 3 is 2.27 bits per heavy atom. The largest absolute Gasteiger partial charge is 0.496 e. The van der Waals surface area contributed by atoms with Gasteiger partial charge in [-0.05, 0) is 41.5 Å². The van der Waals surface area contributed by atoms with Gasteiger partial charge in [-0.3, -0.25) is 4.79 Å². The summed E-state index contributed by atoms with van der Waals surface area (Å²) in [5.41, 5.74) is 2.44. The molecule has 33 heavy (non-hydrogen) atoms. The van der Waals surface area contributed by atoms with E-state index in [0.29, 0.717) is 39.5 Å². The van der Waals surface area contributed by atoms with Crippen molar-refractivity contribution in [3.05, 3.63) is 58.7 Å².